The maximum absolute atomic E-state index is 11.8. The van der Waals surface area contributed by atoms with E-state index in [0.717, 1.165) is 24.8 Å². The molecule has 0 radical (unpaired) electrons. The van der Waals surface area contributed by atoms with E-state index in [1.807, 2.05) is 0 Å². The fourth-order valence-corrected chi connectivity index (χ4v) is 4.40. The standard InChI is InChI=1S/C18H27NO4S/c1-19(2)17(18(20)21)16(12-13-6-4-5-7-13)14-8-10-15(11-9-14)24(3,22)23/h8-11,13,16-17H,4-7,12H2,1-3H3,(H,20,21). The number of sulfone groups is 1. The summed E-state index contributed by atoms with van der Waals surface area (Å²) in [7, 11) is 0.319. The Morgan fingerprint density at radius 2 is 1.75 bits per heavy atom. The summed E-state index contributed by atoms with van der Waals surface area (Å²) in [6, 6.07) is 6.10. The lowest BCUT2D eigenvalue weighted by Crippen LogP contribution is -2.41. The van der Waals surface area contributed by atoms with E-state index in [1.165, 1.54) is 19.1 Å². The summed E-state index contributed by atoms with van der Waals surface area (Å²) in [6.45, 7) is 0. The lowest BCUT2D eigenvalue weighted by molar-refractivity contribution is -0.143. The van der Waals surface area contributed by atoms with Crippen LogP contribution in [-0.2, 0) is 14.6 Å². The first kappa shape index (κ1) is 18.9. The van der Waals surface area contributed by atoms with Gasteiger partial charge in [0.2, 0.25) is 0 Å². The van der Waals surface area contributed by atoms with Gasteiger partial charge in [0.25, 0.3) is 0 Å². The van der Waals surface area contributed by atoms with Crippen molar-refractivity contribution < 1.29 is 18.3 Å². The van der Waals surface area contributed by atoms with Crippen LogP contribution in [0.1, 0.15) is 43.6 Å². The van der Waals surface area contributed by atoms with Crippen molar-refractivity contribution >= 4 is 15.8 Å². The number of aliphatic carboxylic acids is 1. The van der Waals surface area contributed by atoms with Gasteiger partial charge in [-0.2, -0.15) is 0 Å². The smallest absolute Gasteiger partial charge is 0.321 e. The highest BCUT2D eigenvalue weighted by molar-refractivity contribution is 7.90. The van der Waals surface area contributed by atoms with Crippen molar-refractivity contribution in [2.75, 3.05) is 20.4 Å². The molecule has 2 rings (SSSR count). The van der Waals surface area contributed by atoms with E-state index in [0.29, 0.717) is 5.92 Å². The monoisotopic (exact) mass is 353 g/mol. The van der Waals surface area contributed by atoms with E-state index in [1.54, 1.807) is 43.3 Å². The number of carboxylic acids is 1. The molecule has 5 nitrogen and oxygen atoms in total. The van der Waals surface area contributed by atoms with E-state index < -0.39 is 21.8 Å². The van der Waals surface area contributed by atoms with Gasteiger partial charge in [0.05, 0.1) is 4.90 Å². The Morgan fingerprint density at radius 3 is 2.17 bits per heavy atom. The molecule has 1 aliphatic carbocycles. The van der Waals surface area contributed by atoms with Crippen LogP contribution in [0.4, 0.5) is 0 Å². The van der Waals surface area contributed by atoms with Crippen molar-refractivity contribution in [1.82, 2.24) is 4.90 Å². The number of benzene rings is 1. The molecule has 1 N–H and O–H groups in total. The molecule has 6 heteroatoms. The minimum absolute atomic E-state index is 0.144. The van der Waals surface area contributed by atoms with Gasteiger partial charge in [0, 0.05) is 12.2 Å². The Labute approximate surface area is 144 Å². The van der Waals surface area contributed by atoms with E-state index in [4.69, 9.17) is 0 Å². The first-order valence-electron chi connectivity index (χ1n) is 8.39. The summed E-state index contributed by atoms with van der Waals surface area (Å²) < 4.78 is 23.3. The fourth-order valence-electron chi connectivity index (χ4n) is 3.77. The van der Waals surface area contributed by atoms with Gasteiger partial charge in [0.1, 0.15) is 6.04 Å². The zero-order chi connectivity index (χ0) is 17.9. The summed E-state index contributed by atoms with van der Waals surface area (Å²) >= 11 is 0. The Kier molecular flexibility index (Phi) is 6.04. The number of hydrogen-bond donors (Lipinski definition) is 1. The average molecular weight is 353 g/mol. The largest absolute Gasteiger partial charge is 0.480 e. The molecule has 0 aromatic heterocycles. The van der Waals surface area contributed by atoms with Crippen LogP contribution in [-0.4, -0.2) is 50.8 Å². The molecule has 0 spiro atoms. The Morgan fingerprint density at radius 1 is 1.21 bits per heavy atom. The highest BCUT2D eigenvalue weighted by atomic mass is 32.2. The zero-order valence-electron chi connectivity index (χ0n) is 14.6. The summed E-state index contributed by atoms with van der Waals surface area (Å²) in [6.07, 6.45) is 6.73. The van der Waals surface area contributed by atoms with Gasteiger partial charge in [-0.05, 0) is 44.1 Å². The maximum atomic E-state index is 11.8. The van der Waals surface area contributed by atoms with Crippen molar-refractivity contribution in [1.29, 1.82) is 0 Å². The molecule has 1 fully saturated rings. The molecule has 1 aromatic rings. The van der Waals surface area contributed by atoms with Crippen LogP contribution in [0.2, 0.25) is 0 Å². The van der Waals surface area contributed by atoms with Crippen LogP contribution in [0.25, 0.3) is 0 Å². The lowest BCUT2D eigenvalue weighted by atomic mass is 9.82. The van der Waals surface area contributed by atoms with E-state index in [9.17, 15) is 18.3 Å². The molecule has 1 aromatic carbocycles. The van der Waals surface area contributed by atoms with Crippen molar-refractivity contribution in [2.45, 2.75) is 49.0 Å². The molecule has 134 valence electrons. The predicted octanol–water partition coefficient (Wildman–Crippen LogP) is 2.77. The number of likely N-dealkylation sites (N-methyl/N-ethyl adjacent to an activating group) is 1. The molecule has 1 aliphatic rings. The summed E-state index contributed by atoms with van der Waals surface area (Å²) in [4.78, 5) is 13.8. The van der Waals surface area contributed by atoms with Gasteiger partial charge >= 0.3 is 5.97 Å². The molecule has 0 amide bonds. The lowest BCUT2D eigenvalue weighted by Gasteiger charge is -2.31. The van der Waals surface area contributed by atoms with Crippen LogP contribution < -0.4 is 0 Å². The molecule has 24 heavy (non-hydrogen) atoms. The first-order valence-corrected chi connectivity index (χ1v) is 10.3. The second kappa shape index (κ2) is 7.66. The summed E-state index contributed by atoms with van der Waals surface area (Å²) in [5.41, 5.74) is 0.899. The van der Waals surface area contributed by atoms with E-state index in [-0.39, 0.29) is 10.8 Å². The molecular formula is C18H27NO4S. The summed E-state index contributed by atoms with van der Waals surface area (Å²) in [5, 5.41) is 9.70. The number of carboxylic acid groups (broad SMARTS) is 1. The van der Waals surface area contributed by atoms with E-state index >= 15 is 0 Å². The molecule has 2 atom stereocenters. The SMILES string of the molecule is CN(C)C(C(=O)O)C(CC1CCCC1)c1ccc(S(C)(=O)=O)cc1. The number of nitrogens with zero attached hydrogens (tertiary/aromatic N) is 1. The zero-order valence-corrected chi connectivity index (χ0v) is 15.4. The maximum Gasteiger partial charge on any atom is 0.321 e. The second-order valence-electron chi connectivity index (χ2n) is 7.08. The molecule has 0 saturated heterocycles. The van der Waals surface area contributed by atoms with Crippen LogP contribution in [0.5, 0.6) is 0 Å². The minimum atomic E-state index is -3.25. The second-order valence-corrected chi connectivity index (χ2v) is 9.10. The quantitative estimate of drug-likeness (QED) is 0.816. The molecule has 0 bridgehead atoms. The molecule has 2 unspecified atom stereocenters. The van der Waals surface area contributed by atoms with Crippen LogP contribution in [0.15, 0.2) is 29.2 Å². The average Bonchev–Trinajstić information content (AvgIpc) is 2.98. The van der Waals surface area contributed by atoms with Crippen molar-refractivity contribution in [3.63, 3.8) is 0 Å². The predicted molar refractivity (Wildman–Crippen MR) is 94.0 cm³/mol. The Balaban J connectivity index is 2.34. The molecule has 1 saturated carbocycles. The van der Waals surface area contributed by atoms with Gasteiger partial charge in [0.15, 0.2) is 9.84 Å². The van der Waals surface area contributed by atoms with Crippen LogP contribution in [0, 0.1) is 5.92 Å². The van der Waals surface area contributed by atoms with Crippen molar-refractivity contribution in [3.8, 4) is 0 Å². The third kappa shape index (κ3) is 4.57. The fraction of sp³-hybridized carbons (Fsp3) is 0.611. The first-order chi connectivity index (χ1) is 11.2. The van der Waals surface area contributed by atoms with Gasteiger partial charge < -0.3 is 5.11 Å². The number of carbonyl (C=O) groups is 1. The number of hydrogen-bond acceptors (Lipinski definition) is 4. The molecule has 0 aliphatic heterocycles. The summed E-state index contributed by atoms with van der Waals surface area (Å²) in [5.74, 6) is -0.434. The third-order valence-electron chi connectivity index (χ3n) is 4.99. The topological polar surface area (TPSA) is 74.7 Å². The van der Waals surface area contributed by atoms with Gasteiger partial charge in [-0.25, -0.2) is 8.42 Å². The Bertz CT molecular complexity index is 661. The number of rotatable bonds is 7. The third-order valence-corrected chi connectivity index (χ3v) is 6.12. The molecule has 0 heterocycles. The highest BCUT2D eigenvalue weighted by Crippen LogP contribution is 2.37. The van der Waals surface area contributed by atoms with Crippen LogP contribution in [0.3, 0.4) is 0 Å². The van der Waals surface area contributed by atoms with Gasteiger partial charge in [-0.3, -0.25) is 9.69 Å². The normalized spacial score (nSPS) is 18.7. The van der Waals surface area contributed by atoms with Crippen molar-refractivity contribution in [2.24, 2.45) is 5.92 Å². The van der Waals surface area contributed by atoms with Crippen LogP contribution >= 0.6 is 0 Å². The highest BCUT2D eigenvalue weighted by Gasteiger charge is 2.34. The van der Waals surface area contributed by atoms with Gasteiger partial charge in [-0.15, -0.1) is 0 Å². The molecular weight excluding hydrogens is 326 g/mol. The minimum Gasteiger partial charge on any atom is -0.480 e. The Hall–Kier alpha value is -1.40. The van der Waals surface area contributed by atoms with E-state index in [2.05, 4.69) is 0 Å². The van der Waals surface area contributed by atoms with Crippen molar-refractivity contribution in [3.05, 3.63) is 29.8 Å². The van der Waals surface area contributed by atoms with Gasteiger partial charge in [-0.1, -0.05) is 37.8 Å².